The van der Waals surface area contributed by atoms with Crippen molar-refractivity contribution < 1.29 is 0 Å². The first-order chi connectivity index (χ1) is 7.27. The van der Waals surface area contributed by atoms with Crippen LogP contribution in [-0.4, -0.2) is 26.7 Å². The first-order valence-electron chi connectivity index (χ1n) is 5.55. The SMILES string of the molecule is CC1CCCC(C)N1NCc1csnn1. The molecule has 2 heterocycles. The fourth-order valence-corrected chi connectivity index (χ4v) is 2.62. The summed E-state index contributed by atoms with van der Waals surface area (Å²) in [6.07, 6.45) is 3.91. The van der Waals surface area contributed by atoms with E-state index >= 15 is 0 Å². The van der Waals surface area contributed by atoms with Gasteiger partial charge in [-0.1, -0.05) is 10.9 Å². The zero-order valence-corrected chi connectivity index (χ0v) is 10.1. The Bertz CT molecular complexity index is 278. The highest BCUT2D eigenvalue weighted by Crippen LogP contribution is 2.20. The molecule has 1 aliphatic heterocycles. The average Bonchev–Trinajstić information content (AvgIpc) is 2.70. The normalized spacial score (nSPS) is 28.1. The topological polar surface area (TPSA) is 41.0 Å². The fraction of sp³-hybridized carbons (Fsp3) is 0.800. The second kappa shape index (κ2) is 5.01. The van der Waals surface area contributed by atoms with Crippen LogP contribution in [0, 0.1) is 0 Å². The number of rotatable bonds is 3. The van der Waals surface area contributed by atoms with Crippen molar-refractivity contribution in [3.63, 3.8) is 0 Å². The molecule has 0 aliphatic carbocycles. The Morgan fingerprint density at radius 3 is 2.80 bits per heavy atom. The van der Waals surface area contributed by atoms with E-state index in [0.29, 0.717) is 12.1 Å². The molecule has 0 bridgehead atoms. The number of hydrazine groups is 1. The summed E-state index contributed by atoms with van der Waals surface area (Å²) >= 11 is 1.41. The van der Waals surface area contributed by atoms with Crippen LogP contribution in [0.25, 0.3) is 0 Å². The molecular formula is C10H18N4S. The van der Waals surface area contributed by atoms with Gasteiger partial charge in [0.2, 0.25) is 0 Å². The standard InChI is InChI=1S/C10H18N4S/c1-8-4-3-5-9(2)14(8)11-6-10-7-15-13-12-10/h7-9,11H,3-6H2,1-2H3. The second-order valence-corrected chi connectivity index (χ2v) is 4.88. The van der Waals surface area contributed by atoms with Crippen molar-refractivity contribution in [3.8, 4) is 0 Å². The van der Waals surface area contributed by atoms with Gasteiger partial charge in [-0.05, 0) is 38.2 Å². The average molecular weight is 226 g/mol. The Morgan fingerprint density at radius 2 is 2.20 bits per heavy atom. The van der Waals surface area contributed by atoms with Gasteiger partial charge in [-0.2, -0.15) is 0 Å². The van der Waals surface area contributed by atoms with E-state index in [1.54, 1.807) is 0 Å². The van der Waals surface area contributed by atoms with Crippen LogP contribution >= 0.6 is 11.5 Å². The molecule has 0 radical (unpaired) electrons. The van der Waals surface area contributed by atoms with Gasteiger partial charge in [-0.25, -0.2) is 10.4 Å². The maximum absolute atomic E-state index is 4.03. The van der Waals surface area contributed by atoms with E-state index in [-0.39, 0.29) is 0 Å². The van der Waals surface area contributed by atoms with Crippen molar-refractivity contribution in [2.24, 2.45) is 0 Å². The summed E-state index contributed by atoms with van der Waals surface area (Å²) in [7, 11) is 0. The monoisotopic (exact) mass is 226 g/mol. The largest absolute Gasteiger partial charge is 0.249 e. The molecule has 15 heavy (non-hydrogen) atoms. The molecule has 1 fully saturated rings. The van der Waals surface area contributed by atoms with Crippen molar-refractivity contribution >= 4 is 11.5 Å². The van der Waals surface area contributed by atoms with Crippen molar-refractivity contribution in [2.45, 2.75) is 51.7 Å². The third kappa shape index (κ3) is 2.74. The highest BCUT2D eigenvalue weighted by Gasteiger charge is 2.24. The molecule has 0 amide bonds. The van der Waals surface area contributed by atoms with E-state index < -0.39 is 0 Å². The molecule has 0 spiro atoms. The first kappa shape index (κ1) is 11.0. The summed E-state index contributed by atoms with van der Waals surface area (Å²) < 4.78 is 3.86. The van der Waals surface area contributed by atoms with E-state index in [4.69, 9.17) is 0 Å². The van der Waals surface area contributed by atoms with Crippen LogP contribution in [-0.2, 0) is 6.54 Å². The number of nitrogens with zero attached hydrogens (tertiary/aromatic N) is 3. The van der Waals surface area contributed by atoms with Crippen LogP contribution in [0.3, 0.4) is 0 Å². The molecule has 2 rings (SSSR count). The van der Waals surface area contributed by atoms with Crippen LogP contribution in [0.5, 0.6) is 0 Å². The lowest BCUT2D eigenvalue weighted by molar-refractivity contribution is 0.0431. The summed E-state index contributed by atoms with van der Waals surface area (Å²) in [6, 6.07) is 1.25. The van der Waals surface area contributed by atoms with Crippen LogP contribution in [0.2, 0.25) is 0 Å². The summed E-state index contributed by atoms with van der Waals surface area (Å²) in [5.74, 6) is 0. The quantitative estimate of drug-likeness (QED) is 0.853. The van der Waals surface area contributed by atoms with Crippen molar-refractivity contribution in [1.82, 2.24) is 20.0 Å². The lowest BCUT2D eigenvalue weighted by Crippen LogP contribution is -2.51. The van der Waals surface area contributed by atoms with Gasteiger partial charge in [0.15, 0.2) is 0 Å². The fourth-order valence-electron chi connectivity index (χ4n) is 2.17. The molecule has 0 saturated carbocycles. The molecule has 2 atom stereocenters. The molecule has 1 N–H and O–H groups in total. The van der Waals surface area contributed by atoms with Gasteiger partial charge in [-0.3, -0.25) is 0 Å². The molecule has 1 aliphatic rings. The Kier molecular flexibility index (Phi) is 3.66. The van der Waals surface area contributed by atoms with E-state index in [2.05, 4.69) is 33.9 Å². The molecule has 2 unspecified atom stereocenters. The summed E-state index contributed by atoms with van der Waals surface area (Å²) in [4.78, 5) is 0. The van der Waals surface area contributed by atoms with Crippen LogP contribution in [0.4, 0.5) is 0 Å². The molecule has 0 aromatic carbocycles. The minimum absolute atomic E-state index is 0.625. The Morgan fingerprint density at radius 1 is 1.47 bits per heavy atom. The van der Waals surface area contributed by atoms with Crippen LogP contribution in [0.15, 0.2) is 5.38 Å². The predicted molar refractivity (Wildman–Crippen MR) is 61.4 cm³/mol. The number of hydrogen-bond acceptors (Lipinski definition) is 5. The van der Waals surface area contributed by atoms with Gasteiger partial charge >= 0.3 is 0 Å². The third-order valence-electron chi connectivity index (χ3n) is 3.04. The van der Waals surface area contributed by atoms with Gasteiger partial charge in [0.05, 0.1) is 12.2 Å². The van der Waals surface area contributed by atoms with E-state index in [1.165, 1.54) is 30.8 Å². The smallest absolute Gasteiger partial charge is 0.0907 e. The van der Waals surface area contributed by atoms with Crippen LogP contribution in [0.1, 0.15) is 38.8 Å². The van der Waals surface area contributed by atoms with Gasteiger partial charge in [-0.15, -0.1) is 5.10 Å². The lowest BCUT2D eigenvalue weighted by Gasteiger charge is -2.38. The number of aromatic nitrogens is 2. The van der Waals surface area contributed by atoms with Gasteiger partial charge in [0.25, 0.3) is 0 Å². The van der Waals surface area contributed by atoms with Gasteiger partial charge < -0.3 is 0 Å². The Hall–Kier alpha value is -0.520. The first-order valence-corrected chi connectivity index (χ1v) is 6.39. The molecule has 1 aromatic heterocycles. The molecule has 1 aromatic rings. The highest BCUT2D eigenvalue weighted by atomic mass is 32.1. The molecule has 4 nitrogen and oxygen atoms in total. The Labute approximate surface area is 94.8 Å². The van der Waals surface area contributed by atoms with E-state index in [1.807, 2.05) is 5.38 Å². The number of piperidine rings is 1. The molecular weight excluding hydrogens is 208 g/mol. The zero-order valence-electron chi connectivity index (χ0n) is 9.31. The zero-order chi connectivity index (χ0) is 10.7. The molecule has 5 heteroatoms. The third-order valence-corrected chi connectivity index (χ3v) is 3.59. The second-order valence-electron chi connectivity index (χ2n) is 4.27. The van der Waals surface area contributed by atoms with E-state index in [0.717, 1.165) is 12.2 Å². The number of nitrogens with one attached hydrogen (secondary N) is 1. The summed E-state index contributed by atoms with van der Waals surface area (Å²) in [5, 5.41) is 8.39. The van der Waals surface area contributed by atoms with Gasteiger partial charge in [0, 0.05) is 17.5 Å². The minimum atomic E-state index is 0.625. The van der Waals surface area contributed by atoms with Crippen molar-refractivity contribution in [2.75, 3.05) is 0 Å². The van der Waals surface area contributed by atoms with E-state index in [9.17, 15) is 0 Å². The maximum atomic E-state index is 4.03. The van der Waals surface area contributed by atoms with Gasteiger partial charge in [0.1, 0.15) is 0 Å². The molecule has 1 saturated heterocycles. The summed E-state index contributed by atoms with van der Waals surface area (Å²) in [6.45, 7) is 5.36. The minimum Gasteiger partial charge on any atom is -0.249 e. The summed E-state index contributed by atoms with van der Waals surface area (Å²) in [5.41, 5.74) is 4.49. The van der Waals surface area contributed by atoms with Crippen LogP contribution < -0.4 is 5.43 Å². The van der Waals surface area contributed by atoms with Crippen molar-refractivity contribution in [3.05, 3.63) is 11.1 Å². The maximum Gasteiger partial charge on any atom is 0.0907 e. The van der Waals surface area contributed by atoms with Crippen molar-refractivity contribution in [1.29, 1.82) is 0 Å². The highest BCUT2D eigenvalue weighted by molar-refractivity contribution is 7.03. The lowest BCUT2D eigenvalue weighted by atomic mass is 10.00. The number of hydrogen-bond donors (Lipinski definition) is 1. The molecule has 84 valence electrons. The Balaban J connectivity index is 1.86. The predicted octanol–water partition coefficient (Wildman–Crippen LogP) is 1.81.